The topological polar surface area (TPSA) is 18.5 Å². The first-order chi connectivity index (χ1) is 12.9. The Hall–Kier alpha value is 0.140. The molecule has 2 nitrogen and oxygen atoms in total. The highest BCUT2D eigenvalue weighted by Gasteiger charge is 2.60. The molecule has 0 amide bonds. The Morgan fingerprint density at radius 1 is 1.04 bits per heavy atom. The summed E-state index contributed by atoms with van der Waals surface area (Å²) in [6, 6.07) is 0. The highest BCUT2D eigenvalue weighted by molar-refractivity contribution is 9.09. The second-order valence-corrected chi connectivity index (χ2v) is 11.5. The smallest absolute Gasteiger partial charge is 0.188 e. The molecule has 1 spiro atoms. The SMILES string of the molecule is CC(CBr)[C@H]1CC[C@H]2[C@@H]3CCC4=CC5(CC[C@]4(C)[C@H]3CC[C@]12C)OCCO5. The first kappa shape index (κ1) is 19.1. The number of alkyl halides is 1. The van der Waals surface area contributed by atoms with Crippen molar-refractivity contribution in [2.24, 2.45) is 40.4 Å². The molecule has 3 saturated carbocycles. The fraction of sp³-hybridized carbons (Fsp3) is 0.917. The Morgan fingerprint density at radius 2 is 1.81 bits per heavy atom. The molecule has 27 heavy (non-hydrogen) atoms. The first-order valence-corrected chi connectivity index (χ1v) is 12.6. The summed E-state index contributed by atoms with van der Waals surface area (Å²) in [5.74, 6) is 4.15. The average molecular weight is 437 g/mol. The van der Waals surface area contributed by atoms with Gasteiger partial charge in [-0.2, -0.15) is 0 Å². The van der Waals surface area contributed by atoms with Gasteiger partial charge in [0.15, 0.2) is 5.79 Å². The largest absolute Gasteiger partial charge is 0.344 e. The van der Waals surface area contributed by atoms with E-state index in [4.69, 9.17) is 9.47 Å². The minimum atomic E-state index is -0.366. The Bertz CT molecular complexity index is 624. The molecule has 0 aromatic heterocycles. The minimum absolute atomic E-state index is 0.366. The van der Waals surface area contributed by atoms with Crippen LogP contribution in [-0.4, -0.2) is 24.3 Å². The summed E-state index contributed by atoms with van der Waals surface area (Å²) in [6.07, 6.45) is 13.2. The molecule has 0 aromatic carbocycles. The maximum Gasteiger partial charge on any atom is 0.188 e. The molecule has 7 atom stereocenters. The number of ether oxygens (including phenoxy) is 2. The molecule has 0 bridgehead atoms. The molecule has 1 heterocycles. The van der Waals surface area contributed by atoms with E-state index in [0.29, 0.717) is 10.8 Å². The van der Waals surface area contributed by atoms with Crippen molar-refractivity contribution in [3.05, 3.63) is 11.6 Å². The molecule has 4 aliphatic carbocycles. The third-order valence-corrected chi connectivity index (χ3v) is 10.9. The molecule has 5 aliphatic rings. The van der Waals surface area contributed by atoms with Crippen molar-refractivity contribution in [1.29, 1.82) is 0 Å². The van der Waals surface area contributed by atoms with Gasteiger partial charge >= 0.3 is 0 Å². The van der Waals surface area contributed by atoms with Crippen LogP contribution in [0.2, 0.25) is 0 Å². The summed E-state index contributed by atoms with van der Waals surface area (Å²) >= 11 is 3.79. The van der Waals surface area contributed by atoms with Gasteiger partial charge in [0.05, 0.1) is 13.2 Å². The van der Waals surface area contributed by atoms with Crippen molar-refractivity contribution < 1.29 is 9.47 Å². The molecule has 152 valence electrons. The van der Waals surface area contributed by atoms with Gasteiger partial charge in [0.1, 0.15) is 0 Å². The van der Waals surface area contributed by atoms with Crippen LogP contribution in [0.3, 0.4) is 0 Å². The zero-order valence-electron chi connectivity index (χ0n) is 17.4. The average Bonchev–Trinajstić information content (AvgIpc) is 3.26. The standard InChI is InChI=1S/C24H37BrO2/c1-16(15-25)19-6-7-20-18-5-4-17-14-24(26-12-13-27-24)11-10-22(17,2)21(18)8-9-23(19,20)3/h14,16,18-21H,4-13,15H2,1-3H3/t16?,18-,19+,20-,21-,22-,23+/m0/s1. The van der Waals surface area contributed by atoms with Crippen molar-refractivity contribution >= 4 is 15.9 Å². The van der Waals surface area contributed by atoms with Crippen LogP contribution in [0.15, 0.2) is 11.6 Å². The molecule has 4 fully saturated rings. The van der Waals surface area contributed by atoms with Crippen LogP contribution in [0.4, 0.5) is 0 Å². The summed E-state index contributed by atoms with van der Waals surface area (Å²) in [4.78, 5) is 0. The van der Waals surface area contributed by atoms with Crippen molar-refractivity contribution in [3.63, 3.8) is 0 Å². The summed E-state index contributed by atoms with van der Waals surface area (Å²) in [6.45, 7) is 9.26. The van der Waals surface area contributed by atoms with E-state index in [-0.39, 0.29) is 5.79 Å². The molecule has 1 saturated heterocycles. The first-order valence-electron chi connectivity index (χ1n) is 11.5. The van der Waals surface area contributed by atoms with Crippen LogP contribution in [0.1, 0.15) is 72.1 Å². The van der Waals surface area contributed by atoms with Crippen LogP contribution in [-0.2, 0) is 9.47 Å². The molecule has 5 rings (SSSR count). The van der Waals surface area contributed by atoms with Crippen molar-refractivity contribution in [3.8, 4) is 0 Å². The summed E-state index contributed by atoms with van der Waals surface area (Å²) in [5, 5.41) is 1.17. The quantitative estimate of drug-likeness (QED) is 0.371. The van der Waals surface area contributed by atoms with Gasteiger partial charge in [-0.15, -0.1) is 0 Å². The van der Waals surface area contributed by atoms with Crippen LogP contribution < -0.4 is 0 Å². The predicted octanol–water partition coefficient (Wildman–Crippen LogP) is 6.34. The molecular formula is C24H37BrO2. The van der Waals surface area contributed by atoms with Gasteiger partial charge in [0.2, 0.25) is 0 Å². The Balaban J connectivity index is 1.43. The number of hydrogen-bond acceptors (Lipinski definition) is 2. The zero-order valence-corrected chi connectivity index (χ0v) is 19.0. The fourth-order valence-corrected chi connectivity index (χ4v) is 8.91. The van der Waals surface area contributed by atoms with E-state index in [9.17, 15) is 0 Å². The second kappa shape index (κ2) is 6.57. The molecule has 1 unspecified atom stereocenters. The van der Waals surface area contributed by atoms with Gasteiger partial charge in [-0.1, -0.05) is 42.3 Å². The Kier molecular flexibility index (Phi) is 4.65. The summed E-state index contributed by atoms with van der Waals surface area (Å²) in [7, 11) is 0. The van der Waals surface area contributed by atoms with Crippen LogP contribution in [0, 0.1) is 40.4 Å². The van der Waals surface area contributed by atoms with E-state index in [0.717, 1.165) is 49.2 Å². The Morgan fingerprint density at radius 3 is 2.56 bits per heavy atom. The van der Waals surface area contributed by atoms with Gasteiger partial charge < -0.3 is 9.47 Å². The molecule has 0 N–H and O–H groups in total. The number of allylic oxidation sites excluding steroid dienone is 1. The van der Waals surface area contributed by atoms with Crippen LogP contribution in [0.25, 0.3) is 0 Å². The van der Waals surface area contributed by atoms with E-state index >= 15 is 0 Å². The van der Waals surface area contributed by atoms with E-state index in [1.807, 2.05) is 0 Å². The normalized spacial score (nSPS) is 49.3. The Labute approximate surface area is 174 Å². The third-order valence-electron chi connectivity index (χ3n) is 9.90. The minimum Gasteiger partial charge on any atom is -0.344 e. The van der Waals surface area contributed by atoms with Gasteiger partial charge in [-0.25, -0.2) is 0 Å². The van der Waals surface area contributed by atoms with Gasteiger partial charge in [-0.05, 0) is 91.4 Å². The monoisotopic (exact) mass is 436 g/mol. The summed E-state index contributed by atoms with van der Waals surface area (Å²) < 4.78 is 12.1. The number of hydrogen-bond donors (Lipinski definition) is 0. The highest BCUT2D eigenvalue weighted by atomic mass is 79.9. The number of halogens is 1. The molecular weight excluding hydrogens is 400 g/mol. The predicted molar refractivity (Wildman–Crippen MR) is 113 cm³/mol. The molecule has 0 aromatic rings. The van der Waals surface area contributed by atoms with Crippen molar-refractivity contribution in [1.82, 2.24) is 0 Å². The van der Waals surface area contributed by atoms with E-state index in [1.54, 1.807) is 5.57 Å². The maximum atomic E-state index is 6.05. The fourth-order valence-electron chi connectivity index (χ4n) is 8.46. The summed E-state index contributed by atoms with van der Waals surface area (Å²) in [5.41, 5.74) is 2.65. The van der Waals surface area contributed by atoms with Gasteiger partial charge in [-0.3, -0.25) is 0 Å². The second-order valence-electron chi connectivity index (χ2n) is 10.9. The highest BCUT2D eigenvalue weighted by Crippen LogP contribution is 2.68. The molecule has 1 aliphatic heterocycles. The van der Waals surface area contributed by atoms with Crippen LogP contribution >= 0.6 is 15.9 Å². The number of rotatable bonds is 2. The van der Waals surface area contributed by atoms with Crippen LogP contribution in [0.5, 0.6) is 0 Å². The van der Waals surface area contributed by atoms with Crippen molar-refractivity contribution in [2.75, 3.05) is 18.5 Å². The molecule has 3 heteroatoms. The van der Waals surface area contributed by atoms with E-state index in [1.165, 1.54) is 50.3 Å². The van der Waals surface area contributed by atoms with Gasteiger partial charge in [0.25, 0.3) is 0 Å². The van der Waals surface area contributed by atoms with Crippen molar-refractivity contribution in [2.45, 2.75) is 77.9 Å². The maximum absolute atomic E-state index is 6.05. The lowest BCUT2D eigenvalue weighted by Gasteiger charge is -2.59. The molecule has 0 radical (unpaired) electrons. The lowest BCUT2D eigenvalue weighted by molar-refractivity contribution is -0.144. The number of fused-ring (bicyclic) bond motifs is 5. The lowest BCUT2D eigenvalue weighted by atomic mass is 9.46. The third kappa shape index (κ3) is 2.70. The lowest BCUT2D eigenvalue weighted by Crippen LogP contribution is -2.52. The van der Waals surface area contributed by atoms with E-state index in [2.05, 4.69) is 42.8 Å². The van der Waals surface area contributed by atoms with E-state index < -0.39 is 0 Å². The van der Waals surface area contributed by atoms with Gasteiger partial charge in [0, 0.05) is 11.8 Å². The zero-order chi connectivity index (χ0) is 18.9.